The van der Waals surface area contributed by atoms with Gasteiger partial charge in [-0.15, -0.1) is 12.4 Å². The zero-order chi connectivity index (χ0) is 8.53. The molecular formula is C10H23ClO. The molecule has 0 radical (unpaired) electrons. The molecule has 0 aromatic carbocycles. The standard InChI is InChI=1S/C10H22O.ClH/c1-3-5-6-7-9-10(11)8-4-2;/h10-11H,3-9H2,1-2H3;1H. The molecule has 1 unspecified atom stereocenters. The van der Waals surface area contributed by atoms with Crippen LogP contribution in [-0.2, 0) is 0 Å². The lowest BCUT2D eigenvalue weighted by Gasteiger charge is -2.07. The molecule has 0 spiro atoms. The van der Waals surface area contributed by atoms with E-state index >= 15 is 0 Å². The van der Waals surface area contributed by atoms with Crippen LogP contribution in [0.4, 0.5) is 0 Å². The van der Waals surface area contributed by atoms with Crippen LogP contribution in [0.3, 0.4) is 0 Å². The molecule has 1 atom stereocenters. The van der Waals surface area contributed by atoms with Gasteiger partial charge in [0.15, 0.2) is 0 Å². The Kier molecular flexibility index (Phi) is 13.8. The van der Waals surface area contributed by atoms with Gasteiger partial charge in [0, 0.05) is 0 Å². The van der Waals surface area contributed by atoms with Crippen LogP contribution >= 0.6 is 12.4 Å². The second-order valence-corrected chi connectivity index (χ2v) is 3.29. The second kappa shape index (κ2) is 11.2. The predicted molar refractivity (Wildman–Crippen MR) is 56.9 cm³/mol. The Labute approximate surface area is 83.0 Å². The van der Waals surface area contributed by atoms with Crippen molar-refractivity contribution in [3.05, 3.63) is 0 Å². The SMILES string of the molecule is CCCCCCC(O)CCC.Cl. The van der Waals surface area contributed by atoms with Gasteiger partial charge >= 0.3 is 0 Å². The summed E-state index contributed by atoms with van der Waals surface area (Å²) in [7, 11) is 0. The molecule has 0 saturated carbocycles. The van der Waals surface area contributed by atoms with Crippen molar-refractivity contribution in [1.82, 2.24) is 0 Å². The highest BCUT2D eigenvalue weighted by Gasteiger charge is 2.00. The maximum Gasteiger partial charge on any atom is 0.0540 e. The third kappa shape index (κ3) is 10.2. The molecule has 0 rings (SSSR count). The summed E-state index contributed by atoms with van der Waals surface area (Å²) in [4.78, 5) is 0. The Bertz CT molecular complexity index is 76.2. The molecule has 2 heteroatoms. The van der Waals surface area contributed by atoms with Crippen LogP contribution in [0, 0.1) is 0 Å². The predicted octanol–water partition coefficient (Wildman–Crippen LogP) is 3.54. The molecule has 76 valence electrons. The first-order chi connectivity index (χ1) is 5.31. The summed E-state index contributed by atoms with van der Waals surface area (Å²) in [6.07, 6.45) is 8.15. The average Bonchev–Trinajstić information content (AvgIpc) is 1.99. The van der Waals surface area contributed by atoms with E-state index in [9.17, 15) is 5.11 Å². The summed E-state index contributed by atoms with van der Waals surface area (Å²) in [5.41, 5.74) is 0. The first-order valence-corrected chi connectivity index (χ1v) is 4.99. The molecule has 1 N–H and O–H groups in total. The van der Waals surface area contributed by atoms with Crippen molar-refractivity contribution in [2.75, 3.05) is 0 Å². The molecule has 0 aliphatic carbocycles. The van der Waals surface area contributed by atoms with E-state index in [0.717, 1.165) is 19.3 Å². The summed E-state index contributed by atoms with van der Waals surface area (Å²) >= 11 is 0. The van der Waals surface area contributed by atoms with Gasteiger partial charge in [-0.3, -0.25) is 0 Å². The topological polar surface area (TPSA) is 20.2 Å². The molecule has 0 aromatic rings. The van der Waals surface area contributed by atoms with E-state index in [1.54, 1.807) is 0 Å². The van der Waals surface area contributed by atoms with Crippen molar-refractivity contribution in [3.63, 3.8) is 0 Å². The fourth-order valence-electron chi connectivity index (χ4n) is 1.28. The normalized spacial score (nSPS) is 12.2. The Morgan fingerprint density at radius 1 is 0.917 bits per heavy atom. The minimum atomic E-state index is -0.0307. The highest BCUT2D eigenvalue weighted by Crippen LogP contribution is 2.08. The Hall–Kier alpha value is 0.250. The first kappa shape index (κ1) is 14.8. The van der Waals surface area contributed by atoms with E-state index < -0.39 is 0 Å². The molecule has 0 bridgehead atoms. The molecule has 0 heterocycles. The Balaban J connectivity index is 0. The lowest BCUT2D eigenvalue weighted by molar-refractivity contribution is 0.150. The van der Waals surface area contributed by atoms with E-state index in [2.05, 4.69) is 13.8 Å². The minimum absolute atomic E-state index is 0. The molecule has 0 fully saturated rings. The van der Waals surface area contributed by atoms with Crippen LogP contribution in [0.15, 0.2) is 0 Å². The second-order valence-electron chi connectivity index (χ2n) is 3.29. The molecule has 12 heavy (non-hydrogen) atoms. The summed E-state index contributed by atoms with van der Waals surface area (Å²) in [6, 6.07) is 0. The lowest BCUT2D eigenvalue weighted by Crippen LogP contribution is -2.04. The molecule has 1 nitrogen and oxygen atoms in total. The van der Waals surface area contributed by atoms with Crippen molar-refractivity contribution in [2.45, 2.75) is 64.9 Å². The third-order valence-corrected chi connectivity index (χ3v) is 2.01. The van der Waals surface area contributed by atoms with Gasteiger partial charge in [0.1, 0.15) is 0 Å². The van der Waals surface area contributed by atoms with Crippen LogP contribution in [0.25, 0.3) is 0 Å². The van der Waals surface area contributed by atoms with Gasteiger partial charge in [-0.05, 0) is 12.8 Å². The highest BCUT2D eigenvalue weighted by atomic mass is 35.5. The van der Waals surface area contributed by atoms with E-state index in [4.69, 9.17) is 0 Å². The first-order valence-electron chi connectivity index (χ1n) is 4.99. The average molecular weight is 195 g/mol. The van der Waals surface area contributed by atoms with E-state index in [0.29, 0.717) is 0 Å². The van der Waals surface area contributed by atoms with Gasteiger partial charge in [-0.2, -0.15) is 0 Å². The van der Waals surface area contributed by atoms with E-state index in [-0.39, 0.29) is 18.5 Å². The summed E-state index contributed by atoms with van der Waals surface area (Å²) in [5, 5.41) is 9.35. The van der Waals surface area contributed by atoms with Crippen molar-refractivity contribution in [1.29, 1.82) is 0 Å². The van der Waals surface area contributed by atoms with Crippen LogP contribution in [0.1, 0.15) is 58.8 Å². The van der Waals surface area contributed by atoms with E-state index in [1.807, 2.05) is 0 Å². The van der Waals surface area contributed by atoms with Gasteiger partial charge in [0.25, 0.3) is 0 Å². The zero-order valence-corrected chi connectivity index (χ0v) is 9.20. The number of hydrogen-bond donors (Lipinski definition) is 1. The Morgan fingerprint density at radius 3 is 2.08 bits per heavy atom. The lowest BCUT2D eigenvalue weighted by atomic mass is 10.1. The van der Waals surface area contributed by atoms with E-state index in [1.165, 1.54) is 25.7 Å². The molecule has 0 saturated heterocycles. The number of halogens is 1. The number of unbranched alkanes of at least 4 members (excludes halogenated alkanes) is 3. The van der Waals surface area contributed by atoms with Crippen LogP contribution in [0.2, 0.25) is 0 Å². The highest BCUT2D eigenvalue weighted by molar-refractivity contribution is 5.85. The monoisotopic (exact) mass is 194 g/mol. The fraction of sp³-hybridized carbons (Fsp3) is 1.00. The summed E-state index contributed by atoms with van der Waals surface area (Å²) in [5.74, 6) is 0. The van der Waals surface area contributed by atoms with Gasteiger partial charge < -0.3 is 5.11 Å². The smallest absolute Gasteiger partial charge is 0.0540 e. The van der Waals surface area contributed by atoms with Crippen LogP contribution in [0.5, 0.6) is 0 Å². The minimum Gasteiger partial charge on any atom is -0.393 e. The van der Waals surface area contributed by atoms with Crippen molar-refractivity contribution < 1.29 is 5.11 Å². The van der Waals surface area contributed by atoms with Crippen molar-refractivity contribution in [2.24, 2.45) is 0 Å². The van der Waals surface area contributed by atoms with Crippen LogP contribution < -0.4 is 0 Å². The third-order valence-electron chi connectivity index (χ3n) is 2.01. The molecular weight excluding hydrogens is 172 g/mol. The maximum atomic E-state index is 9.35. The maximum absolute atomic E-state index is 9.35. The van der Waals surface area contributed by atoms with Crippen molar-refractivity contribution in [3.8, 4) is 0 Å². The van der Waals surface area contributed by atoms with Crippen LogP contribution in [-0.4, -0.2) is 11.2 Å². The molecule has 0 aliphatic heterocycles. The van der Waals surface area contributed by atoms with Gasteiger partial charge in [-0.25, -0.2) is 0 Å². The number of aliphatic hydroxyl groups is 1. The largest absolute Gasteiger partial charge is 0.393 e. The molecule has 0 aromatic heterocycles. The summed E-state index contributed by atoms with van der Waals surface area (Å²) < 4.78 is 0. The Morgan fingerprint density at radius 2 is 1.58 bits per heavy atom. The van der Waals surface area contributed by atoms with Crippen molar-refractivity contribution >= 4 is 12.4 Å². The molecule has 0 aliphatic rings. The van der Waals surface area contributed by atoms with Gasteiger partial charge in [-0.1, -0.05) is 46.0 Å². The summed E-state index contributed by atoms with van der Waals surface area (Å²) in [6.45, 7) is 4.33. The fourth-order valence-corrected chi connectivity index (χ4v) is 1.28. The number of rotatable bonds is 7. The number of aliphatic hydroxyl groups excluding tert-OH is 1. The van der Waals surface area contributed by atoms with Gasteiger partial charge in [0.2, 0.25) is 0 Å². The number of hydrogen-bond acceptors (Lipinski definition) is 1. The zero-order valence-electron chi connectivity index (χ0n) is 8.38. The molecule has 0 amide bonds. The van der Waals surface area contributed by atoms with Gasteiger partial charge in [0.05, 0.1) is 6.10 Å². The quantitative estimate of drug-likeness (QED) is 0.615.